The molecule has 2 rings (SSSR count). The maximum atomic E-state index is 12.2. The highest BCUT2D eigenvalue weighted by Crippen LogP contribution is 2.28. The van der Waals surface area contributed by atoms with Gasteiger partial charge >= 0.3 is 5.97 Å². The Morgan fingerprint density at radius 2 is 1.92 bits per heavy atom. The van der Waals surface area contributed by atoms with E-state index in [-0.39, 0.29) is 24.8 Å². The molecule has 1 unspecified atom stereocenters. The Morgan fingerprint density at radius 1 is 1.14 bits per heavy atom. The molecule has 1 aromatic carbocycles. The normalized spacial score (nSPS) is 13.4. The SMILES string of the molecule is COc1cc(NC(C)CCCNC(=O)CC[C@@H](NC(=O)[C@H](N)CCCCN)C(=O)O)c2ncccc2c1. The number of ether oxygens (including phenoxy) is 1. The number of nitrogens with two attached hydrogens (primary N) is 2. The first kappa shape index (κ1) is 29.8. The van der Waals surface area contributed by atoms with E-state index in [1.165, 1.54) is 0 Å². The maximum absolute atomic E-state index is 12.2. The van der Waals surface area contributed by atoms with Crippen LogP contribution in [0.2, 0.25) is 0 Å². The Kier molecular flexibility index (Phi) is 12.6. The van der Waals surface area contributed by atoms with E-state index in [0.717, 1.165) is 41.6 Å². The zero-order chi connectivity index (χ0) is 27.2. The number of hydrogen-bond donors (Lipinski definition) is 6. The van der Waals surface area contributed by atoms with Gasteiger partial charge in [0.1, 0.15) is 11.8 Å². The quantitative estimate of drug-likeness (QED) is 0.171. The van der Waals surface area contributed by atoms with Crippen molar-refractivity contribution in [3.05, 3.63) is 30.5 Å². The van der Waals surface area contributed by atoms with E-state index in [4.69, 9.17) is 16.2 Å². The molecule has 2 aromatic rings. The third-order valence-electron chi connectivity index (χ3n) is 6.03. The molecule has 0 aliphatic carbocycles. The molecule has 0 spiro atoms. The summed E-state index contributed by atoms with van der Waals surface area (Å²) >= 11 is 0. The van der Waals surface area contributed by atoms with Gasteiger partial charge in [0, 0.05) is 36.7 Å². The summed E-state index contributed by atoms with van der Waals surface area (Å²) in [5.41, 5.74) is 13.0. The monoisotopic (exact) mass is 516 g/mol. The van der Waals surface area contributed by atoms with Crippen molar-refractivity contribution in [2.45, 2.75) is 70.0 Å². The summed E-state index contributed by atoms with van der Waals surface area (Å²) in [7, 11) is 1.62. The lowest BCUT2D eigenvalue weighted by molar-refractivity contribution is -0.142. The summed E-state index contributed by atoms with van der Waals surface area (Å²) in [6, 6.07) is 5.86. The smallest absolute Gasteiger partial charge is 0.326 e. The van der Waals surface area contributed by atoms with Crippen molar-refractivity contribution in [2.24, 2.45) is 11.5 Å². The second-order valence-corrected chi connectivity index (χ2v) is 9.12. The van der Waals surface area contributed by atoms with E-state index in [9.17, 15) is 19.5 Å². The first-order valence-electron chi connectivity index (χ1n) is 12.7. The van der Waals surface area contributed by atoms with Gasteiger partial charge in [-0.2, -0.15) is 0 Å². The minimum atomic E-state index is -1.20. The molecule has 0 fully saturated rings. The zero-order valence-corrected chi connectivity index (χ0v) is 21.7. The van der Waals surface area contributed by atoms with Crippen molar-refractivity contribution in [2.75, 3.05) is 25.5 Å². The number of hydrogen-bond acceptors (Lipinski definition) is 8. The number of carboxylic acid groups (broad SMARTS) is 1. The number of aliphatic carboxylic acids is 1. The Labute approximate surface area is 217 Å². The van der Waals surface area contributed by atoms with Crippen LogP contribution in [0.1, 0.15) is 51.9 Å². The summed E-state index contributed by atoms with van der Waals surface area (Å²) in [5.74, 6) is -1.26. The summed E-state index contributed by atoms with van der Waals surface area (Å²) in [4.78, 5) is 40.4. The van der Waals surface area contributed by atoms with Crippen molar-refractivity contribution < 1.29 is 24.2 Å². The highest BCUT2D eigenvalue weighted by atomic mass is 16.5. The van der Waals surface area contributed by atoms with E-state index >= 15 is 0 Å². The Balaban J connectivity index is 1.73. The molecule has 8 N–H and O–H groups in total. The van der Waals surface area contributed by atoms with Crippen LogP contribution in [0.4, 0.5) is 5.69 Å². The van der Waals surface area contributed by atoms with E-state index in [2.05, 4.69) is 27.9 Å². The van der Waals surface area contributed by atoms with Gasteiger partial charge in [-0.05, 0) is 57.7 Å². The predicted octanol–water partition coefficient (Wildman–Crippen LogP) is 1.75. The van der Waals surface area contributed by atoms with E-state index < -0.39 is 24.0 Å². The van der Waals surface area contributed by atoms with Crippen LogP contribution in [-0.4, -0.2) is 66.2 Å². The molecule has 1 heterocycles. The average molecular weight is 517 g/mol. The van der Waals surface area contributed by atoms with Crippen molar-refractivity contribution in [1.82, 2.24) is 15.6 Å². The van der Waals surface area contributed by atoms with Crippen LogP contribution >= 0.6 is 0 Å². The summed E-state index contributed by atoms with van der Waals surface area (Å²) in [6.07, 6.45) is 5.09. The van der Waals surface area contributed by atoms with Gasteiger partial charge < -0.3 is 37.3 Å². The minimum absolute atomic E-state index is 0.0176. The number of pyridine rings is 1. The third-order valence-corrected chi connectivity index (χ3v) is 6.03. The second-order valence-electron chi connectivity index (χ2n) is 9.12. The number of nitrogens with one attached hydrogen (secondary N) is 3. The number of unbranched alkanes of at least 4 members (excludes halogenated alkanes) is 1. The number of nitrogens with zero attached hydrogens (tertiary/aromatic N) is 1. The molecule has 204 valence electrons. The second kappa shape index (κ2) is 15.6. The van der Waals surface area contributed by atoms with Crippen LogP contribution < -0.4 is 32.2 Å². The van der Waals surface area contributed by atoms with Crippen molar-refractivity contribution >= 4 is 34.4 Å². The molecule has 11 heteroatoms. The zero-order valence-electron chi connectivity index (χ0n) is 21.7. The molecule has 11 nitrogen and oxygen atoms in total. The van der Waals surface area contributed by atoms with Crippen LogP contribution in [0.25, 0.3) is 10.9 Å². The summed E-state index contributed by atoms with van der Waals surface area (Å²) < 4.78 is 5.39. The number of anilines is 1. The molecule has 0 radical (unpaired) electrons. The number of methoxy groups -OCH3 is 1. The van der Waals surface area contributed by atoms with Crippen molar-refractivity contribution in [3.63, 3.8) is 0 Å². The first-order valence-corrected chi connectivity index (χ1v) is 12.7. The lowest BCUT2D eigenvalue weighted by atomic mass is 10.1. The fraction of sp³-hybridized carbons (Fsp3) is 0.538. The van der Waals surface area contributed by atoms with E-state index in [1.807, 2.05) is 24.3 Å². The fourth-order valence-electron chi connectivity index (χ4n) is 3.91. The number of carbonyl (C=O) groups is 3. The van der Waals surface area contributed by atoms with E-state index in [1.54, 1.807) is 13.3 Å². The molecule has 0 aliphatic rings. The molecular weight excluding hydrogens is 476 g/mol. The van der Waals surface area contributed by atoms with Crippen molar-refractivity contribution in [3.8, 4) is 5.75 Å². The first-order chi connectivity index (χ1) is 17.7. The van der Waals surface area contributed by atoms with Gasteiger partial charge in [-0.1, -0.05) is 12.5 Å². The van der Waals surface area contributed by atoms with Crippen LogP contribution in [0, 0.1) is 0 Å². The van der Waals surface area contributed by atoms with Crippen LogP contribution in [-0.2, 0) is 14.4 Å². The Morgan fingerprint density at radius 3 is 2.62 bits per heavy atom. The molecule has 0 saturated carbocycles. The van der Waals surface area contributed by atoms with Crippen LogP contribution in [0.3, 0.4) is 0 Å². The van der Waals surface area contributed by atoms with Gasteiger partial charge in [0.15, 0.2) is 0 Å². The highest BCUT2D eigenvalue weighted by Gasteiger charge is 2.23. The summed E-state index contributed by atoms with van der Waals surface area (Å²) in [6.45, 7) is 3.02. The number of benzene rings is 1. The molecule has 3 atom stereocenters. The van der Waals surface area contributed by atoms with E-state index in [0.29, 0.717) is 25.9 Å². The topological polar surface area (TPSA) is 182 Å². The Hall–Kier alpha value is -3.44. The lowest BCUT2D eigenvalue weighted by Gasteiger charge is -2.18. The standard InChI is InChI=1S/C26H40N6O5/c1-17(31-22-16-19(37-2)15-18-8-6-14-30-24(18)22)7-5-13-29-23(33)11-10-21(26(35)36)32-25(34)20(28)9-3-4-12-27/h6,8,14-17,20-21,31H,3-5,7,9-13,27-28H2,1-2H3,(H,29,33)(H,32,34)(H,35,36)/t17?,20-,21-/m1/s1. The molecule has 2 amide bonds. The number of rotatable bonds is 17. The minimum Gasteiger partial charge on any atom is -0.497 e. The van der Waals surface area contributed by atoms with Gasteiger partial charge in [-0.25, -0.2) is 4.79 Å². The largest absolute Gasteiger partial charge is 0.497 e. The van der Waals surface area contributed by atoms with Gasteiger partial charge in [0.2, 0.25) is 11.8 Å². The fourth-order valence-corrected chi connectivity index (χ4v) is 3.91. The van der Waals surface area contributed by atoms with Gasteiger partial charge in [-0.15, -0.1) is 0 Å². The maximum Gasteiger partial charge on any atom is 0.326 e. The molecular formula is C26H40N6O5. The highest BCUT2D eigenvalue weighted by molar-refractivity contribution is 5.92. The number of carbonyl (C=O) groups excluding carboxylic acids is 2. The summed E-state index contributed by atoms with van der Waals surface area (Å²) in [5, 5.41) is 19.1. The van der Waals surface area contributed by atoms with Crippen molar-refractivity contribution in [1.29, 1.82) is 0 Å². The van der Waals surface area contributed by atoms with Crippen LogP contribution in [0.15, 0.2) is 30.5 Å². The van der Waals surface area contributed by atoms with Crippen LogP contribution in [0.5, 0.6) is 5.75 Å². The number of amides is 2. The number of fused-ring (bicyclic) bond motifs is 1. The molecule has 0 bridgehead atoms. The number of aromatic nitrogens is 1. The lowest BCUT2D eigenvalue weighted by Crippen LogP contribution is -2.48. The molecule has 37 heavy (non-hydrogen) atoms. The number of carboxylic acids is 1. The Bertz CT molecular complexity index is 1030. The van der Waals surface area contributed by atoms with Gasteiger partial charge in [0.25, 0.3) is 0 Å². The average Bonchev–Trinajstić information content (AvgIpc) is 2.88. The molecule has 0 aliphatic heterocycles. The molecule has 0 saturated heterocycles. The van der Waals surface area contributed by atoms with Gasteiger partial charge in [-0.3, -0.25) is 14.6 Å². The third kappa shape index (κ3) is 10.2. The molecule has 1 aromatic heterocycles. The predicted molar refractivity (Wildman–Crippen MR) is 143 cm³/mol. The van der Waals surface area contributed by atoms with Gasteiger partial charge in [0.05, 0.1) is 24.4 Å².